The predicted octanol–water partition coefficient (Wildman–Crippen LogP) is -3.61. The second-order valence-electron chi connectivity index (χ2n) is 6.76. The van der Waals surface area contributed by atoms with Gasteiger partial charge in [0.05, 0.1) is 31.5 Å². The Morgan fingerprint density at radius 1 is 1.04 bits per heavy atom. The van der Waals surface area contributed by atoms with E-state index in [-0.39, 0.29) is 12.3 Å². The first-order valence-electron chi connectivity index (χ1n) is 8.13. The molecule has 0 bridgehead atoms. The van der Waals surface area contributed by atoms with Crippen molar-refractivity contribution in [2.75, 3.05) is 13.2 Å². The summed E-state index contributed by atoms with van der Waals surface area (Å²) in [5, 5.41) is 69.1. The molecule has 7 N–H and O–H groups in total. The molecule has 2 aliphatic heterocycles. The van der Waals surface area contributed by atoms with Gasteiger partial charge in [-0.05, 0) is 18.4 Å². The molecule has 1 aliphatic carbocycles. The van der Waals surface area contributed by atoms with Crippen molar-refractivity contribution in [1.29, 1.82) is 0 Å². The molecule has 3 aliphatic rings. The van der Waals surface area contributed by atoms with Crippen LogP contribution < -0.4 is 0 Å². The number of aliphatic hydroxyl groups excluding tert-OH is 6. The molecule has 2 fully saturated rings. The molecule has 0 spiro atoms. The number of hydrogen-bond acceptors (Lipinski definition) is 10. The molecule has 3 rings (SSSR count). The van der Waals surface area contributed by atoms with Crippen LogP contribution in [0.3, 0.4) is 0 Å². The van der Waals surface area contributed by atoms with Crippen molar-refractivity contribution in [3.8, 4) is 0 Å². The average Bonchev–Trinajstić information content (AvgIpc) is 2.87. The molecule has 0 aromatic heterocycles. The third kappa shape index (κ3) is 3.07. The molecule has 10 atom stereocenters. The summed E-state index contributed by atoms with van der Waals surface area (Å²) in [6, 6.07) is 0. The zero-order valence-corrected chi connectivity index (χ0v) is 13.3. The van der Waals surface area contributed by atoms with Crippen molar-refractivity contribution in [3.05, 3.63) is 12.3 Å². The lowest BCUT2D eigenvalue weighted by molar-refractivity contribution is -0.348. The fourth-order valence-electron chi connectivity index (χ4n) is 3.78. The number of allylic oxidation sites excluding steroid dienone is 1. The highest BCUT2D eigenvalue weighted by Gasteiger charge is 2.59. The topological polar surface area (TPSA) is 169 Å². The van der Waals surface area contributed by atoms with Crippen molar-refractivity contribution >= 4 is 0 Å². The van der Waals surface area contributed by atoms with E-state index >= 15 is 0 Å². The van der Waals surface area contributed by atoms with Gasteiger partial charge in [0.25, 0.3) is 0 Å². The van der Waals surface area contributed by atoms with E-state index in [1.807, 2.05) is 0 Å². The summed E-state index contributed by atoms with van der Waals surface area (Å²) >= 11 is 0. The Bertz CT molecular complexity index is 499. The lowest BCUT2D eigenvalue weighted by atomic mass is 9.84. The molecule has 0 aromatic rings. The van der Waals surface area contributed by atoms with E-state index < -0.39 is 67.8 Å². The van der Waals surface area contributed by atoms with E-state index in [1.165, 1.54) is 6.26 Å². The van der Waals surface area contributed by atoms with Crippen LogP contribution >= 0.6 is 0 Å². The first-order valence-corrected chi connectivity index (χ1v) is 8.13. The third-order valence-corrected chi connectivity index (χ3v) is 5.31. The second-order valence-corrected chi connectivity index (χ2v) is 6.76. The second kappa shape index (κ2) is 7.06. The van der Waals surface area contributed by atoms with Gasteiger partial charge in [-0.2, -0.15) is 0 Å². The normalized spacial score (nSPS) is 52.7. The largest absolute Gasteiger partial charge is 0.472 e. The van der Waals surface area contributed by atoms with Crippen molar-refractivity contribution < 1.29 is 50.0 Å². The van der Waals surface area contributed by atoms with E-state index in [1.54, 1.807) is 6.08 Å². The highest BCUT2D eigenvalue weighted by Crippen LogP contribution is 2.46. The minimum Gasteiger partial charge on any atom is -0.472 e. The summed E-state index contributed by atoms with van der Waals surface area (Å²) < 4.78 is 16.1. The van der Waals surface area contributed by atoms with E-state index in [4.69, 9.17) is 14.2 Å². The van der Waals surface area contributed by atoms with Crippen molar-refractivity contribution in [3.63, 3.8) is 0 Å². The maximum absolute atomic E-state index is 10.6. The number of fused-ring (bicyclic) bond motifs is 1. The molecule has 0 amide bonds. The summed E-state index contributed by atoms with van der Waals surface area (Å²) in [4.78, 5) is 0. The Kier molecular flexibility index (Phi) is 5.36. The predicted molar refractivity (Wildman–Crippen MR) is 78.5 cm³/mol. The zero-order valence-electron chi connectivity index (χ0n) is 13.3. The van der Waals surface area contributed by atoms with E-state index in [2.05, 4.69) is 0 Å². The monoisotopic (exact) mass is 364 g/mol. The minimum absolute atomic E-state index is 0.191. The number of ether oxygens (including phenoxy) is 3. The van der Waals surface area contributed by atoms with Gasteiger partial charge in [-0.1, -0.05) is 0 Å². The van der Waals surface area contributed by atoms with Crippen molar-refractivity contribution in [1.82, 2.24) is 0 Å². The standard InChI is InChI=1S/C15H24O10/c16-4-7-10(19)11(20)12(21)14(24-7)25-13-9-6(1-2-23-13)3-8(18)15(9,22)5-17/h1-2,6-14,16-22H,3-5H2. The van der Waals surface area contributed by atoms with Gasteiger partial charge in [0.1, 0.15) is 30.0 Å². The maximum Gasteiger partial charge on any atom is 0.208 e. The van der Waals surface area contributed by atoms with Crippen LogP contribution in [0.25, 0.3) is 0 Å². The van der Waals surface area contributed by atoms with E-state index in [9.17, 15) is 35.7 Å². The third-order valence-electron chi connectivity index (χ3n) is 5.31. The number of aliphatic hydroxyl groups is 7. The smallest absolute Gasteiger partial charge is 0.208 e. The van der Waals surface area contributed by atoms with Gasteiger partial charge in [0.2, 0.25) is 6.29 Å². The fraction of sp³-hybridized carbons (Fsp3) is 0.867. The zero-order chi connectivity index (χ0) is 18.4. The van der Waals surface area contributed by atoms with E-state index in [0.29, 0.717) is 0 Å². The molecule has 144 valence electrons. The van der Waals surface area contributed by atoms with Crippen molar-refractivity contribution in [2.24, 2.45) is 11.8 Å². The summed E-state index contributed by atoms with van der Waals surface area (Å²) in [5.74, 6) is -1.18. The molecule has 10 heteroatoms. The summed E-state index contributed by atoms with van der Waals surface area (Å²) in [6.45, 7) is -1.33. The highest BCUT2D eigenvalue weighted by atomic mass is 16.8. The number of hydrogen-bond donors (Lipinski definition) is 7. The Labute approximate surface area is 143 Å². The Hall–Kier alpha value is -0.820. The summed E-state index contributed by atoms with van der Waals surface area (Å²) in [7, 11) is 0. The average molecular weight is 364 g/mol. The van der Waals surface area contributed by atoms with Crippen LogP contribution in [0, 0.1) is 11.8 Å². The van der Waals surface area contributed by atoms with E-state index in [0.717, 1.165) is 0 Å². The molecule has 2 heterocycles. The van der Waals surface area contributed by atoms with Crippen LogP contribution in [0.5, 0.6) is 0 Å². The van der Waals surface area contributed by atoms with Crippen LogP contribution in [-0.2, 0) is 14.2 Å². The van der Waals surface area contributed by atoms with Crippen LogP contribution in [0.2, 0.25) is 0 Å². The van der Waals surface area contributed by atoms with Gasteiger partial charge in [0.15, 0.2) is 6.29 Å². The van der Waals surface area contributed by atoms with Gasteiger partial charge in [0, 0.05) is 0 Å². The molecule has 1 saturated carbocycles. The lowest BCUT2D eigenvalue weighted by Gasteiger charge is -2.44. The molecular weight excluding hydrogens is 340 g/mol. The van der Waals surface area contributed by atoms with Gasteiger partial charge in [-0.3, -0.25) is 0 Å². The van der Waals surface area contributed by atoms with Gasteiger partial charge < -0.3 is 50.0 Å². The molecule has 1 saturated heterocycles. The highest BCUT2D eigenvalue weighted by molar-refractivity contribution is 5.11. The van der Waals surface area contributed by atoms with Crippen LogP contribution in [0.4, 0.5) is 0 Å². The quantitative estimate of drug-likeness (QED) is 0.264. The Morgan fingerprint density at radius 2 is 1.76 bits per heavy atom. The van der Waals surface area contributed by atoms with Crippen LogP contribution in [0.15, 0.2) is 12.3 Å². The first kappa shape index (κ1) is 19.0. The fourth-order valence-corrected chi connectivity index (χ4v) is 3.78. The van der Waals surface area contributed by atoms with Gasteiger partial charge in [-0.15, -0.1) is 0 Å². The van der Waals surface area contributed by atoms with Crippen molar-refractivity contribution in [2.45, 2.75) is 55.1 Å². The molecule has 10 nitrogen and oxygen atoms in total. The van der Waals surface area contributed by atoms with Crippen LogP contribution in [0.1, 0.15) is 6.42 Å². The molecule has 0 aromatic carbocycles. The first-order chi connectivity index (χ1) is 11.8. The van der Waals surface area contributed by atoms with Gasteiger partial charge in [-0.25, -0.2) is 0 Å². The Balaban J connectivity index is 1.78. The lowest BCUT2D eigenvalue weighted by Crippen LogP contribution is -2.61. The molecule has 10 unspecified atom stereocenters. The molecule has 0 radical (unpaired) electrons. The van der Waals surface area contributed by atoms with Crippen LogP contribution in [-0.4, -0.2) is 97.7 Å². The molecular formula is C15H24O10. The number of rotatable bonds is 4. The summed E-state index contributed by atoms with van der Waals surface area (Å²) in [6.07, 6.45) is -6.60. The SMILES string of the molecule is OCC1OC(OC2OC=CC3CC(O)C(O)(CO)C32)C(O)C(O)C1O. The maximum atomic E-state index is 10.6. The Morgan fingerprint density at radius 3 is 2.40 bits per heavy atom. The summed E-state index contributed by atoms with van der Waals surface area (Å²) in [5.41, 5.74) is -1.87. The minimum atomic E-state index is -1.87. The molecule has 25 heavy (non-hydrogen) atoms. The van der Waals surface area contributed by atoms with Gasteiger partial charge >= 0.3 is 0 Å².